The summed E-state index contributed by atoms with van der Waals surface area (Å²) in [6.07, 6.45) is 1.54. The Morgan fingerprint density at radius 3 is 2.70 bits per heavy atom. The van der Waals surface area contributed by atoms with Crippen LogP contribution in [0.1, 0.15) is 32.8 Å². The summed E-state index contributed by atoms with van der Waals surface area (Å²) < 4.78 is 10.5. The van der Waals surface area contributed by atoms with Crippen LogP contribution >= 0.6 is 0 Å². The Labute approximate surface area is 117 Å². The van der Waals surface area contributed by atoms with E-state index in [9.17, 15) is 9.59 Å². The molecule has 1 atom stereocenters. The second kappa shape index (κ2) is 5.90. The molecule has 2 rings (SSSR count). The van der Waals surface area contributed by atoms with E-state index in [0.717, 1.165) is 12.0 Å². The highest BCUT2D eigenvalue weighted by molar-refractivity contribution is 5.87. The maximum absolute atomic E-state index is 11.9. The molecule has 4 nitrogen and oxygen atoms in total. The fraction of sp³-hybridized carbons (Fsp3) is 0.375. The van der Waals surface area contributed by atoms with Gasteiger partial charge in [0.1, 0.15) is 11.3 Å². The van der Waals surface area contributed by atoms with Crippen LogP contribution in [0.5, 0.6) is 5.75 Å². The van der Waals surface area contributed by atoms with Crippen LogP contribution in [0.2, 0.25) is 0 Å². The molecule has 4 heteroatoms. The fourth-order valence-corrected chi connectivity index (χ4v) is 1.86. The lowest BCUT2D eigenvalue weighted by Gasteiger charge is -2.10. The molecular formula is C16H18O4. The van der Waals surface area contributed by atoms with Crippen LogP contribution in [0, 0.1) is 5.92 Å². The summed E-state index contributed by atoms with van der Waals surface area (Å²) in [6, 6.07) is 6.77. The Morgan fingerprint density at radius 1 is 1.30 bits per heavy atom. The lowest BCUT2D eigenvalue weighted by atomic mass is 10.1. The zero-order valence-electron chi connectivity index (χ0n) is 11.9. The van der Waals surface area contributed by atoms with Gasteiger partial charge in [0, 0.05) is 0 Å². The maximum atomic E-state index is 11.9. The van der Waals surface area contributed by atoms with Crippen molar-refractivity contribution in [3.8, 4) is 5.75 Å². The normalized spacial score (nSPS) is 12.3. The van der Waals surface area contributed by atoms with Gasteiger partial charge in [-0.05, 0) is 30.5 Å². The predicted molar refractivity (Wildman–Crippen MR) is 77.0 cm³/mol. The van der Waals surface area contributed by atoms with Crippen molar-refractivity contribution < 1.29 is 13.9 Å². The van der Waals surface area contributed by atoms with Gasteiger partial charge in [0.05, 0.1) is 17.4 Å². The third-order valence-corrected chi connectivity index (χ3v) is 3.40. The number of fused-ring (bicyclic) bond motifs is 1. The third kappa shape index (κ3) is 2.90. The molecule has 1 unspecified atom stereocenters. The van der Waals surface area contributed by atoms with Gasteiger partial charge >= 0.3 is 11.6 Å². The van der Waals surface area contributed by atoms with E-state index in [4.69, 9.17) is 9.15 Å². The largest absolute Gasteiger partial charge is 0.425 e. The highest BCUT2D eigenvalue weighted by Gasteiger charge is 2.16. The van der Waals surface area contributed by atoms with Crippen molar-refractivity contribution in [2.45, 2.75) is 33.6 Å². The number of hydrogen-bond donors (Lipinski definition) is 0. The monoisotopic (exact) mass is 274 g/mol. The van der Waals surface area contributed by atoms with Crippen molar-refractivity contribution in [3.63, 3.8) is 0 Å². The molecule has 1 aromatic carbocycles. The van der Waals surface area contributed by atoms with Crippen LogP contribution in [-0.4, -0.2) is 5.97 Å². The Hall–Kier alpha value is -2.10. The van der Waals surface area contributed by atoms with Gasteiger partial charge in [0.25, 0.3) is 0 Å². The SMILES string of the molecule is CCc1ccc2c(OC(=O)C(C)CC)cc(=O)oc2c1. The molecule has 0 radical (unpaired) electrons. The van der Waals surface area contributed by atoms with Gasteiger partial charge in [-0.1, -0.05) is 26.8 Å². The van der Waals surface area contributed by atoms with Crippen molar-refractivity contribution >= 4 is 16.9 Å². The van der Waals surface area contributed by atoms with Crippen molar-refractivity contribution in [1.82, 2.24) is 0 Å². The first-order valence-corrected chi connectivity index (χ1v) is 6.83. The van der Waals surface area contributed by atoms with Crippen LogP contribution in [0.25, 0.3) is 11.0 Å². The minimum Gasteiger partial charge on any atom is -0.425 e. The molecule has 0 saturated carbocycles. The molecule has 106 valence electrons. The van der Waals surface area contributed by atoms with Crippen molar-refractivity contribution in [2.24, 2.45) is 5.92 Å². The topological polar surface area (TPSA) is 56.5 Å². The van der Waals surface area contributed by atoms with E-state index in [2.05, 4.69) is 0 Å². The summed E-state index contributed by atoms with van der Waals surface area (Å²) in [5.74, 6) is -0.268. The van der Waals surface area contributed by atoms with Crippen LogP contribution in [0.3, 0.4) is 0 Å². The summed E-state index contributed by atoms with van der Waals surface area (Å²) in [5, 5.41) is 0.637. The maximum Gasteiger partial charge on any atom is 0.339 e. The number of rotatable bonds is 4. The molecule has 0 aliphatic rings. The molecule has 0 saturated heterocycles. The first-order valence-electron chi connectivity index (χ1n) is 6.83. The molecular weight excluding hydrogens is 256 g/mol. The number of hydrogen-bond acceptors (Lipinski definition) is 4. The van der Waals surface area contributed by atoms with Crippen LogP contribution in [-0.2, 0) is 11.2 Å². The zero-order chi connectivity index (χ0) is 14.7. The lowest BCUT2D eigenvalue weighted by Crippen LogP contribution is -2.18. The summed E-state index contributed by atoms with van der Waals surface area (Å²) >= 11 is 0. The number of carbonyl (C=O) groups excluding carboxylic acids is 1. The van der Waals surface area contributed by atoms with Gasteiger partial charge in [-0.2, -0.15) is 0 Å². The van der Waals surface area contributed by atoms with Crippen molar-refractivity contribution in [3.05, 3.63) is 40.2 Å². The minimum atomic E-state index is -0.516. The molecule has 0 fully saturated rings. The number of benzene rings is 1. The van der Waals surface area contributed by atoms with Gasteiger partial charge in [0.15, 0.2) is 0 Å². The third-order valence-electron chi connectivity index (χ3n) is 3.40. The second-order valence-corrected chi connectivity index (χ2v) is 4.84. The van der Waals surface area contributed by atoms with Gasteiger partial charge in [-0.25, -0.2) is 4.79 Å². The van der Waals surface area contributed by atoms with E-state index in [0.29, 0.717) is 17.4 Å². The van der Waals surface area contributed by atoms with Crippen molar-refractivity contribution in [1.29, 1.82) is 0 Å². The molecule has 0 spiro atoms. The van der Waals surface area contributed by atoms with E-state index in [1.807, 2.05) is 26.0 Å². The summed E-state index contributed by atoms with van der Waals surface area (Å²) in [6.45, 7) is 5.73. The van der Waals surface area contributed by atoms with E-state index in [-0.39, 0.29) is 17.6 Å². The molecule has 20 heavy (non-hydrogen) atoms. The van der Waals surface area contributed by atoms with Gasteiger partial charge in [-0.3, -0.25) is 4.79 Å². The lowest BCUT2D eigenvalue weighted by molar-refractivity contribution is -0.138. The smallest absolute Gasteiger partial charge is 0.339 e. The van der Waals surface area contributed by atoms with Gasteiger partial charge in [-0.15, -0.1) is 0 Å². The molecule has 0 amide bonds. The average molecular weight is 274 g/mol. The number of esters is 1. The highest BCUT2D eigenvalue weighted by Crippen LogP contribution is 2.25. The van der Waals surface area contributed by atoms with E-state index in [1.54, 1.807) is 13.0 Å². The Bertz CT molecular complexity index is 684. The first-order chi connectivity index (χ1) is 9.55. The average Bonchev–Trinajstić information content (AvgIpc) is 2.45. The number of ether oxygens (including phenoxy) is 1. The van der Waals surface area contributed by atoms with Gasteiger partial charge < -0.3 is 9.15 Å². The Balaban J connectivity index is 2.47. The van der Waals surface area contributed by atoms with Crippen molar-refractivity contribution in [2.75, 3.05) is 0 Å². The first kappa shape index (κ1) is 14.3. The molecule has 0 aliphatic carbocycles. The molecule has 2 aromatic rings. The predicted octanol–water partition coefficient (Wildman–Crippen LogP) is 3.31. The summed E-state index contributed by atoms with van der Waals surface area (Å²) in [4.78, 5) is 23.4. The highest BCUT2D eigenvalue weighted by atomic mass is 16.5. The fourth-order valence-electron chi connectivity index (χ4n) is 1.86. The van der Waals surface area contributed by atoms with Crippen LogP contribution in [0.15, 0.2) is 33.5 Å². The Morgan fingerprint density at radius 2 is 2.05 bits per heavy atom. The zero-order valence-corrected chi connectivity index (χ0v) is 11.9. The molecule has 0 aliphatic heterocycles. The van der Waals surface area contributed by atoms with E-state index in [1.165, 1.54) is 6.07 Å². The summed E-state index contributed by atoms with van der Waals surface area (Å²) in [5.41, 5.74) is 0.993. The molecule has 0 N–H and O–H groups in total. The van der Waals surface area contributed by atoms with E-state index < -0.39 is 5.63 Å². The van der Waals surface area contributed by atoms with E-state index >= 15 is 0 Å². The number of aryl methyl sites for hydroxylation is 1. The van der Waals surface area contributed by atoms with Gasteiger partial charge in [0.2, 0.25) is 0 Å². The molecule has 0 bridgehead atoms. The van der Waals surface area contributed by atoms with Crippen LogP contribution in [0.4, 0.5) is 0 Å². The van der Waals surface area contributed by atoms with Crippen LogP contribution < -0.4 is 10.4 Å². The standard InChI is InChI=1S/C16H18O4/c1-4-10(3)16(18)20-14-9-15(17)19-13-8-11(5-2)6-7-12(13)14/h6-10H,4-5H2,1-3H3. The minimum absolute atomic E-state index is 0.202. The molecule has 1 heterocycles. The summed E-state index contributed by atoms with van der Waals surface area (Å²) in [7, 11) is 0. The number of carbonyl (C=O) groups is 1. The molecule has 1 aromatic heterocycles. The second-order valence-electron chi connectivity index (χ2n) is 4.84. The quantitative estimate of drug-likeness (QED) is 0.634. The Kier molecular flexibility index (Phi) is 4.23.